The Kier molecular flexibility index (Phi) is 7.44. The van der Waals surface area contributed by atoms with Gasteiger partial charge in [-0.2, -0.15) is 0 Å². The number of amides is 2. The zero-order valence-corrected chi connectivity index (χ0v) is 16.9. The number of benzene rings is 2. The van der Waals surface area contributed by atoms with Gasteiger partial charge in [0.1, 0.15) is 12.4 Å². The van der Waals surface area contributed by atoms with Crippen LogP contribution in [0, 0.1) is 0 Å². The minimum atomic E-state index is -0.521. The Morgan fingerprint density at radius 2 is 1.61 bits per heavy atom. The van der Waals surface area contributed by atoms with Gasteiger partial charge in [-0.05, 0) is 54.3 Å². The lowest BCUT2D eigenvalue weighted by molar-refractivity contribution is 0.0947. The van der Waals surface area contributed by atoms with Crippen molar-refractivity contribution in [2.24, 2.45) is 0 Å². The van der Waals surface area contributed by atoms with Gasteiger partial charge in [-0.15, -0.1) is 0 Å². The van der Waals surface area contributed by atoms with E-state index in [2.05, 4.69) is 43.5 Å². The molecule has 0 unspecified atom stereocenters. The highest BCUT2D eigenvalue weighted by molar-refractivity contribution is 5.95. The van der Waals surface area contributed by atoms with Gasteiger partial charge >= 0.3 is 6.09 Å². The van der Waals surface area contributed by atoms with Crippen LogP contribution in [0.5, 0.6) is 5.75 Å². The molecule has 2 amide bonds. The van der Waals surface area contributed by atoms with Crippen LogP contribution in [0.25, 0.3) is 0 Å². The number of ether oxygens (including phenoxy) is 2. The molecule has 2 rings (SSSR count). The molecular weight excluding hydrogens is 356 g/mol. The predicted molar refractivity (Wildman–Crippen MR) is 110 cm³/mol. The van der Waals surface area contributed by atoms with Gasteiger partial charge in [0.2, 0.25) is 0 Å². The molecule has 0 saturated heterocycles. The summed E-state index contributed by atoms with van der Waals surface area (Å²) in [6, 6.07) is 14.6. The van der Waals surface area contributed by atoms with Crippen LogP contribution in [-0.2, 0) is 10.2 Å². The Balaban J connectivity index is 1.75. The lowest BCUT2D eigenvalue weighted by Crippen LogP contribution is -2.28. The summed E-state index contributed by atoms with van der Waals surface area (Å²) < 4.78 is 10.5. The molecule has 0 saturated carbocycles. The molecule has 2 aromatic carbocycles. The van der Waals surface area contributed by atoms with Crippen molar-refractivity contribution < 1.29 is 19.1 Å². The maximum absolute atomic E-state index is 12.2. The van der Waals surface area contributed by atoms with E-state index in [1.165, 1.54) is 5.56 Å². The van der Waals surface area contributed by atoms with Crippen LogP contribution in [0.15, 0.2) is 48.5 Å². The van der Waals surface area contributed by atoms with Gasteiger partial charge in [0.05, 0.1) is 13.2 Å². The van der Waals surface area contributed by atoms with Gasteiger partial charge < -0.3 is 14.8 Å². The average molecular weight is 384 g/mol. The van der Waals surface area contributed by atoms with Gasteiger partial charge in [-0.25, -0.2) is 4.79 Å². The lowest BCUT2D eigenvalue weighted by atomic mass is 9.87. The highest BCUT2D eigenvalue weighted by Crippen LogP contribution is 2.24. The molecular formula is C22H28N2O4. The number of anilines is 1. The van der Waals surface area contributed by atoms with Crippen molar-refractivity contribution in [1.29, 1.82) is 0 Å². The first-order chi connectivity index (χ1) is 13.3. The SMILES string of the molecule is CCOC(=O)Nc1ccc(C(=O)NCCOc2ccc(C(C)(C)C)cc2)cc1. The van der Waals surface area contributed by atoms with Gasteiger partial charge in [-0.1, -0.05) is 32.9 Å². The minimum Gasteiger partial charge on any atom is -0.492 e. The maximum Gasteiger partial charge on any atom is 0.411 e. The first-order valence-corrected chi connectivity index (χ1v) is 9.35. The van der Waals surface area contributed by atoms with Gasteiger partial charge in [0.25, 0.3) is 5.91 Å². The van der Waals surface area contributed by atoms with Gasteiger partial charge in [-0.3, -0.25) is 10.1 Å². The number of hydrogen-bond donors (Lipinski definition) is 2. The molecule has 0 aliphatic rings. The summed E-state index contributed by atoms with van der Waals surface area (Å²) in [5, 5.41) is 5.39. The molecule has 0 radical (unpaired) electrons. The van der Waals surface area contributed by atoms with Crippen molar-refractivity contribution >= 4 is 17.7 Å². The molecule has 0 bridgehead atoms. The molecule has 2 N–H and O–H groups in total. The summed E-state index contributed by atoms with van der Waals surface area (Å²) in [5.41, 5.74) is 2.42. The van der Waals surface area contributed by atoms with E-state index < -0.39 is 6.09 Å². The van der Waals surface area contributed by atoms with Crippen LogP contribution in [0.3, 0.4) is 0 Å². The third-order valence-corrected chi connectivity index (χ3v) is 4.05. The Labute approximate surface area is 166 Å². The topological polar surface area (TPSA) is 76.7 Å². The Hall–Kier alpha value is -3.02. The molecule has 0 aromatic heterocycles. The van der Waals surface area contributed by atoms with Crippen molar-refractivity contribution in [1.82, 2.24) is 5.32 Å². The molecule has 2 aromatic rings. The van der Waals surface area contributed by atoms with E-state index in [-0.39, 0.29) is 11.3 Å². The normalized spacial score (nSPS) is 10.9. The third-order valence-electron chi connectivity index (χ3n) is 4.05. The van der Waals surface area contributed by atoms with Crippen LogP contribution in [0.2, 0.25) is 0 Å². The highest BCUT2D eigenvalue weighted by atomic mass is 16.5. The first-order valence-electron chi connectivity index (χ1n) is 9.35. The van der Waals surface area contributed by atoms with E-state index in [1.54, 1.807) is 31.2 Å². The van der Waals surface area contributed by atoms with Crippen LogP contribution in [0.1, 0.15) is 43.6 Å². The molecule has 6 heteroatoms. The molecule has 0 fully saturated rings. The Morgan fingerprint density at radius 1 is 0.964 bits per heavy atom. The zero-order valence-electron chi connectivity index (χ0n) is 16.9. The average Bonchev–Trinajstić information content (AvgIpc) is 2.65. The predicted octanol–water partition coefficient (Wildman–Crippen LogP) is 4.36. The quantitative estimate of drug-likeness (QED) is 0.696. The second-order valence-corrected chi connectivity index (χ2v) is 7.30. The van der Waals surface area contributed by atoms with Gasteiger partial charge in [0.15, 0.2) is 0 Å². The summed E-state index contributed by atoms with van der Waals surface area (Å²) in [6.07, 6.45) is -0.521. The molecule has 6 nitrogen and oxygen atoms in total. The standard InChI is InChI=1S/C22H28N2O4/c1-5-27-21(26)24-18-10-6-16(7-11-18)20(25)23-14-15-28-19-12-8-17(9-13-19)22(2,3)4/h6-13H,5,14-15H2,1-4H3,(H,23,25)(H,24,26). The second kappa shape index (κ2) is 9.78. The summed E-state index contributed by atoms with van der Waals surface area (Å²) in [5.74, 6) is 0.575. The van der Waals surface area contributed by atoms with Crippen molar-refractivity contribution in [3.63, 3.8) is 0 Å². The van der Waals surface area contributed by atoms with Crippen molar-refractivity contribution in [2.45, 2.75) is 33.1 Å². The summed E-state index contributed by atoms with van der Waals surface area (Å²) >= 11 is 0. The van der Waals surface area contributed by atoms with Crippen LogP contribution in [0.4, 0.5) is 10.5 Å². The summed E-state index contributed by atoms with van der Waals surface area (Å²) in [6.45, 7) is 9.30. The van der Waals surface area contributed by atoms with Gasteiger partial charge in [0, 0.05) is 11.3 Å². The molecule has 0 aliphatic carbocycles. The molecule has 150 valence electrons. The van der Waals surface area contributed by atoms with Crippen LogP contribution in [-0.4, -0.2) is 31.8 Å². The summed E-state index contributed by atoms with van der Waals surface area (Å²) in [4.78, 5) is 23.5. The monoisotopic (exact) mass is 384 g/mol. The molecule has 0 spiro atoms. The Morgan fingerprint density at radius 3 is 2.18 bits per heavy atom. The molecule has 28 heavy (non-hydrogen) atoms. The fourth-order valence-corrected chi connectivity index (χ4v) is 2.48. The number of carbonyl (C=O) groups is 2. The van der Waals surface area contributed by atoms with Crippen molar-refractivity contribution in [3.05, 3.63) is 59.7 Å². The third kappa shape index (κ3) is 6.61. The second-order valence-electron chi connectivity index (χ2n) is 7.30. The van der Waals surface area contributed by atoms with Crippen molar-refractivity contribution in [3.8, 4) is 5.75 Å². The summed E-state index contributed by atoms with van der Waals surface area (Å²) in [7, 11) is 0. The first kappa shape index (κ1) is 21.3. The lowest BCUT2D eigenvalue weighted by Gasteiger charge is -2.19. The largest absolute Gasteiger partial charge is 0.492 e. The van der Waals surface area contributed by atoms with E-state index >= 15 is 0 Å². The van der Waals surface area contributed by atoms with E-state index in [4.69, 9.17) is 9.47 Å². The number of hydrogen-bond acceptors (Lipinski definition) is 4. The van der Waals surface area contributed by atoms with E-state index in [9.17, 15) is 9.59 Å². The van der Waals surface area contributed by atoms with Crippen LogP contribution >= 0.6 is 0 Å². The fourth-order valence-electron chi connectivity index (χ4n) is 2.48. The van der Waals surface area contributed by atoms with E-state index in [0.29, 0.717) is 31.0 Å². The smallest absolute Gasteiger partial charge is 0.411 e. The Bertz CT molecular complexity index is 778. The van der Waals surface area contributed by atoms with Crippen LogP contribution < -0.4 is 15.4 Å². The van der Waals surface area contributed by atoms with Crippen molar-refractivity contribution in [2.75, 3.05) is 25.1 Å². The zero-order chi connectivity index (χ0) is 20.6. The fraction of sp³-hybridized carbons (Fsp3) is 0.364. The number of rotatable bonds is 7. The number of carbonyl (C=O) groups excluding carboxylic acids is 2. The van der Waals surface area contributed by atoms with E-state index in [0.717, 1.165) is 5.75 Å². The number of nitrogens with one attached hydrogen (secondary N) is 2. The molecule has 0 aliphatic heterocycles. The molecule has 0 heterocycles. The maximum atomic E-state index is 12.2. The van der Waals surface area contributed by atoms with E-state index in [1.807, 2.05) is 12.1 Å². The highest BCUT2D eigenvalue weighted by Gasteiger charge is 2.13. The minimum absolute atomic E-state index is 0.105. The molecule has 0 atom stereocenters.